The molecule has 0 aromatic heterocycles. The highest BCUT2D eigenvalue weighted by Crippen LogP contribution is 2.21. The lowest BCUT2D eigenvalue weighted by Crippen LogP contribution is -2.05. The summed E-state index contributed by atoms with van der Waals surface area (Å²) < 4.78 is 4.89. The number of esters is 1. The molecule has 0 saturated heterocycles. The van der Waals surface area contributed by atoms with Crippen LogP contribution in [0.25, 0.3) is 0 Å². The van der Waals surface area contributed by atoms with E-state index in [1.165, 1.54) is 0 Å². The van der Waals surface area contributed by atoms with Crippen molar-refractivity contribution in [3.63, 3.8) is 0 Å². The van der Waals surface area contributed by atoms with E-state index in [0.717, 1.165) is 11.1 Å². The van der Waals surface area contributed by atoms with E-state index in [1.54, 1.807) is 19.1 Å². The lowest BCUT2D eigenvalue weighted by Gasteiger charge is -2.03. The molecule has 0 saturated carbocycles. The lowest BCUT2D eigenvalue weighted by molar-refractivity contribution is -0.117. The van der Waals surface area contributed by atoms with Crippen molar-refractivity contribution in [2.75, 3.05) is 6.61 Å². The Hall–Kier alpha value is -1.64. The predicted octanol–water partition coefficient (Wildman–Crippen LogP) is 1.53. The number of carbonyl (C=O) groups is 2. The molecule has 0 bridgehead atoms. The summed E-state index contributed by atoms with van der Waals surface area (Å²) in [5.74, 6) is -0.106. The Bertz CT molecular complexity index is 421. The van der Waals surface area contributed by atoms with Gasteiger partial charge in [0.25, 0.3) is 0 Å². The molecule has 0 aliphatic heterocycles. The van der Waals surface area contributed by atoms with E-state index in [4.69, 9.17) is 4.74 Å². The zero-order valence-corrected chi connectivity index (χ0v) is 8.58. The van der Waals surface area contributed by atoms with Gasteiger partial charge < -0.3 is 4.74 Å². The van der Waals surface area contributed by atoms with Crippen LogP contribution in [0.1, 0.15) is 28.4 Å². The molecule has 0 heterocycles. The van der Waals surface area contributed by atoms with Crippen molar-refractivity contribution >= 4 is 11.8 Å². The molecule has 1 aromatic rings. The summed E-state index contributed by atoms with van der Waals surface area (Å²) in [7, 11) is 0. The van der Waals surface area contributed by atoms with Gasteiger partial charge in [-0.1, -0.05) is 6.07 Å². The average molecular weight is 204 g/mol. The van der Waals surface area contributed by atoms with Gasteiger partial charge >= 0.3 is 5.97 Å². The van der Waals surface area contributed by atoms with Crippen LogP contribution in [-0.2, 0) is 22.4 Å². The molecule has 0 amide bonds. The van der Waals surface area contributed by atoms with E-state index >= 15 is 0 Å². The van der Waals surface area contributed by atoms with Gasteiger partial charge in [-0.15, -0.1) is 0 Å². The molecule has 0 unspecified atom stereocenters. The highest BCUT2D eigenvalue weighted by molar-refractivity contribution is 5.92. The number of ether oxygens (including phenoxy) is 1. The van der Waals surface area contributed by atoms with Crippen LogP contribution in [-0.4, -0.2) is 18.4 Å². The fourth-order valence-corrected chi connectivity index (χ4v) is 1.79. The first-order valence-corrected chi connectivity index (χ1v) is 5.01. The van der Waals surface area contributed by atoms with Crippen molar-refractivity contribution in [3.8, 4) is 0 Å². The van der Waals surface area contributed by atoms with E-state index < -0.39 is 0 Å². The molecule has 1 aromatic carbocycles. The van der Waals surface area contributed by atoms with E-state index in [1.807, 2.05) is 6.07 Å². The van der Waals surface area contributed by atoms with Crippen molar-refractivity contribution in [1.29, 1.82) is 0 Å². The smallest absolute Gasteiger partial charge is 0.338 e. The number of fused-ring (bicyclic) bond motifs is 1. The third-order valence-electron chi connectivity index (χ3n) is 2.49. The van der Waals surface area contributed by atoms with Gasteiger partial charge in [0, 0.05) is 12.8 Å². The first-order chi connectivity index (χ1) is 7.20. The first kappa shape index (κ1) is 9.90. The van der Waals surface area contributed by atoms with Crippen molar-refractivity contribution in [2.45, 2.75) is 19.8 Å². The number of hydrogen-bond donors (Lipinski definition) is 0. The van der Waals surface area contributed by atoms with Crippen LogP contribution in [0.5, 0.6) is 0 Å². The van der Waals surface area contributed by atoms with Crippen LogP contribution in [0.15, 0.2) is 18.2 Å². The fraction of sp³-hybridized carbons (Fsp3) is 0.333. The summed E-state index contributed by atoms with van der Waals surface area (Å²) in [5.41, 5.74) is 2.53. The minimum atomic E-state index is -0.320. The minimum Gasteiger partial charge on any atom is -0.462 e. The number of rotatable bonds is 2. The minimum absolute atomic E-state index is 0.214. The number of benzene rings is 1. The summed E-state index contributed by atoms with van der Waals surface area (Å²) in [6.07, 6.45) is 0.945. The van der Waals surface area contributed by atoms with Gasteiger partial charge in [0.1, 0.15) is 5.78 Å². The lowest BCUT2D eigenvalue weighted by atomic mass is 10.1. The van der Waals surface area contributed by atoms with Crippen molar-refractivity contribution in [3.05, 3.63) is 34.9 Å². The van der Waals surface area contributed by atoms with Crippen LogP contribution in [0.3, 0.4) is 0 Å². The molecule has 3 nitrogen and oxygen atoms in total. The standard InChI is InChI=1S/C12H12O3/c1-2-15-12(14)9-4-3-8-6-11(13)7-10(8)5-9/h3-5H,2,6-7H2,1H3. The van der Waals surface area contributed by atoms with Crippen LogP contribution < -0.4 is 0 Å². The van der Waals surface area contributed by atoms with Gasteiger partial charge in [-0.3, -0.25) is 4.79 Å². The maximum Gasteiger partial charge on any atom is 0.338 e. The van der Waals surface area contributed by atoms with Crippen molar-refractivity contribution < 1.29 is 14.3 Å². The third kappa shape index (κ3) is 1.91. The predicted molar refractivity (Wildman–Crippen MR) is 54.8 cm³/mol. The summed E-state index contributed by atoms with van der Waals surface area (Å²) in [6, 6.07) is 5.32. The quantitative estimate of drug-likeness (QED) is 0.686. The molecule has 0 fully saturated rings. The van der Waals surface area contributed by atoms with Gasteiger partial charge in [0.2, 0.25) is 0 Å². The molecule has 1 aliphatic carbocycles. The zero-order valence-electron chi connectivity index (χ0n) is 8.58. The zero-order chi connectivity index (χ0) is 10.8. The highest BCUT2D eigenvalue weighted by atomic mass is 16.5. The summed E-state index contributed by atoms with van der Waals surface area (Å²) in [4.78, 5) is 22.6. The summed E-state index contributed by atoms with van der Waals surface area (Å²) in [5, 5.41) is 0. The second-order valence-electron chi connectivity index (χ2n) is 3.60. The summed E-state index contributed by atoms with van der Waals surface area (Å²) >= 11 is 0. The number of hydrogen-bond acceptors (Lipinski definition) is 3. The van der Waals surface area contributed by atoms with Crippen molar-refractivity contribution in [2.24, 2.45) is 0 Å². The fourth-order valence-electron chi connectivity index (χ4n) is 1.79. The van der Waals surface area contributed by atoms with Crippen LogP contribution in [0.2, 0.25) is 0 Å². The Kier molecular flexibility index (Phi) is 2.54. The molecule has 78 valence electrons. The van der Waals surface area contributed by atoms with E-state index in [2.05, 4.69) is 0 Å². The molecule has 2 rings (SSSR count). The van der Waals surface area contributed by atoms with Gasteiger partial charge in [0.15, 0.2) is 0 Å². The van der Waals surface area contributed by atoms with Gasteiger partial charge in [-0.05, 0) is 30.2 Å². The summed E-state index contributed by atoms with van der Waals surface area (Å²) in [6.45, 7) is 2.14. The largest absolute Gasteiger partial charge is 0.462 e. The molecule has 0 N–H and O–H groups in total. The number of ketones is 1. The topological polar surface area (TPSA) is 43.4 Å². The monoisotopic (exact) mass is 204 g/mol. The number of Topliss-reactive ketones (excluding diaryl/α,β-unsaturated/α-hetero) is 1. The first-order valence-electron chi connectivity index (χ1n) is 5.01. The Morgan fingerprint density at radius 2 is 2.07 bits per heavy atom. The van der Waals surface area contributed by atoms with Crippen LogP contribution in [0, 0.1) is 0 Å². The molecule has 0 spiro atoms. The van der Waals surface area contributed by atoms with Gasteiger partial charge in [0.05, 0.1) is 12.2 Å². The van der Waals surface area contributed by atoms with Crippen molar-refractivity contribution in [1.82, 2.24) is 0 Å². The van der Waals surface area contributed by atoms with E-state index in [-0.39, 0.29) is 11.8 Å². The molecule has 0 atom stereocenters. The molecule has 0 radical (unpaired) electrons. The van der Waals surface area contributed by atoms with E-state index in [9.17, 15) is 9.59 Å². The Labute approximate surface area is 88.1 Å². The Balaban J connectivity index is 2.27. The van der Waals surface area contributed by atoms with E-state index in [0.29, 0.717) is 25.0 Å². The number of carbonyl (C=O) groups excluding carboxylic acids is 2. The molecule has 3 heteroatoms. The average Bonchev–Trinajstić information content (AvgIpc) is 2.57. The maximum atomic E-state index is 11.4. The van der Waals surface area contributed by atoms with Gasteiger partial charge in [-0.2, -0.15) is 0 Å². The third-order valence-corrected chi connectivity index (χ3v) is 2.49. The van der Waals surface area contributed by atoms with Crippen LogP contribution >= 0.6 is 0 Å². The maximum absolute atomic E-state index is 11.4. The molecular formula is C12H12O3. The SMILES string of the molecule is CCOC(=O)c1ccc2c(c1)CC(=O)C2. The Morgan fingerprint density at radius 3 is 2.80 bits per heavy atom. The van der Waals surface area contributed by atoms with Gasteiger partial charge in [-0.25, -0.2) is 4.79 Å². The normalized spacial score (nSPS) is 13.8. The highest BCUT2D eigenvalue weighted by Gasteiger charge is 2.19. The molecule has 15 heavy (non-hydrogen) atoms. The second-order valence-corrected chi connectivity index (χ2v) is 3.60. The Morgan fingerprint density at radius 1 is 1.33 bits per heavy atom. The van der Waals surface area contributed by atoms with Crippen LogP contribution in [0.4, 0.5) is 0 Å². The molecular weight excluding hydrogens is 192 g/mol. The molecule has 1 aliphatic rings. The second kappa shape index (κ2) is 3.85.